The zero-order chi connectivity index (χ0) is 12.8. The number of hydrogen-bond donors (Lipinski definition) is 1. The number of carbonyl (C=O) groups is 1. The molecule has 94 valence electrons. The van der Waals surface area contributed by atoms with Crippen molar-refractivity contribution in [1.82, 2.24) is 0 Å². The Morgan fingerprint density at radius 2 is 1.82 bits per heavy atom. The van der Waals surface area contributed by atoms with Crippen LogP contribution in [0, 0.1) is 0 Å². The fraction of sp³-hybridized carbons (Fsp3) is 0.417. The Bertz CT molecular complexity index is 356. The average Bonchev–Trinajstić information content (AvgIpc) is 2.30. The fourth-order valence-electron chi connectivity index (χ4n) is 1.60. The summed E-state index contributed by atoms with van der Waals surface area (Å²) < 4.78 is 38.8. The van der Waals surface area contributed by atoms with Gasteiger partial charge in [0.15, 0.2) is 0 Å². The van der Waals surface area contributed by atoms with Crippen molar-refractivity contribution in [2.24, 2.45) is 0 Å². The van der Waals surface area contributed by atoms with Crippen LogP contribution in [-0.2, 0) is 4.79 Å². The van der Waals surface area contributed by atoms with Gasteiger partial charge < -0.3 is 5.11 Å². The monoisotopic (exact) mass is 246 g/mol. The van der Waals surface area contributed by atoms with Gasteiger partial charge in [0.2, 0.25) is 0 Å². The number of alkyl halides is 3. The van der Waals surface area contributed by atoms with E-state index in [2.05, 4.69) is 0 Å². The van der Waals surface area contributed by atoms with Crippen molar-refractivity contribution in [1.29, 1.82) is 0 Å². The molecule has 17 heavy (non-hydrogen) atoms. The maximum atomic E-state index is 13.7. The van der Waals surface area contributed by atoms with Crippen molar-refractivity contribution >= 4 is 5.97 Å². The van der Waals surface area contributed by atoms with Crippen LogP contribution in [0.2, 0.25) is 0 Å². The summed E-state index contributed by atoms with van der Waals surface area (Å²) >= 11 is 0. The summed E-state index contributed by atoms with van der Waals surface area (Å²) in [5.41, 5.74) is 0.175. The van der Waals surface area contributed by atoms with E-state index in [4.69, 9.17) is 5.11 Å². The van der Waals surface area contributed by atoms with Gasteiger partial charge in [-0.25, -0.2) is 8.78 Å². The Hall–Kier alpha value is -1.52. The van der Waals surface area contributed by atoms with Crippen LogP contribution in [0.15, 0.2) is 30.3 Å². The van der Waals surface area contributed by atoms with Crippen LogP contribution in [0.1, 0.15) is 17.9 Å². The lowest BCUT2D eigenvalue weighted by Crippen LogP contribution is -2.31. The predicted molar refractivity (Wildman–Crippen MR) is 57.2 cm³/mol. The van der Waals surface area contributed by atoms with Gasteiger partial charge in [-0.3, -0.25) is 9.18 Å². The van der Waals surface area contributed by atoms with Gasteiger partial charge >= 0.3 is 5.97 Å². The Labute approximate surface area is 97.1 Å². The van der Waals surface area contributed by atoms with Crippen LogP contribution in [0.5, 0.6) is 0 Å². The summed E-state index contributed by atoms with van der Waals surface area (Å²) in [6.45, 7) is -1.01. The third-order valence-corrected chi connectivity index (χ3v) is 2.47. The van der Waals surface area contributed by atoms with Gasteiger partial charge in [0.25, 0.3) is 0 Å². The first-order valence-electron chi connectivity index (χ1n) is 5.19. The van der Waals surface area contributed by atoms with Gasteiger partial charge in [0, 0.05) is 6.42 Å². The quantitative estimate of drug-likeness (QED) is 0.838. The minimum atomic E-state index is -2.24. The minimum absolute atomic E-state index is 0.175. The Kier molecular flexibility index (Phi) is 5.00. The molecule has 1 N–H and O–H groups in total. The largest absolute Gasteiger partial charge is 0.481 e. The highest BCUT2D eigenvalue weighted by Gasteiger charge is 2.35. The molecule has 0 aliphatic heterocycles. The molecule has 0 fully saturated rings. The summed E-state index contributed by atoms with van der Waals surface area (Å²) in [5.74, 6) is -3.05. The molecule has 0 heterocycles. The maximum Gasteiger partial charge on any atom is 0.314 e. The highest BCUT2D eigenvalue weighted by Crippen LogP contribution is 2.27. The van der Waals surface area contributed by atoms with E-state index in [9.17, 15) is 18.0 Å². The van der Waals surface area contributed by atoms with Crippen molar-refractivity contribution in [2.45, 2.75) is 24.7 Å². The second kappa shape index (κ2) is 6.27. The molecule has 0 aliphatic rings. The molecule has 0 saturated carbocycles. The first-order valence-corrected chi connectivity index (χ1v) is 5.19. The highest BCUT2D eigenvalue weighted by molar-refractivity contribution is 5.77. The molecule has 0 aliphatic carbocycles. The number of halogens is 3. The molecule has 0 amide bonds. The van der Waals surface area contributed by atoms with Gasteiger partial charge in [0.05, 0.1) is 6.67 Å². The van der Waals surface area contributed by atoms with Crippen molar-refractivity contribution < 1.29 is 23.1 Å². The van der Waals surface area contributed by atoms with E-state index < -0.39 is 37.3 Å². The van der Waals surface area contributed by atoms with Gasteiger partial charge in [-0.15, -0.1) is 0 Å². The molecule has 1 rings (SSSR count). The van der Waals surface area contributed by atoms with Crippen LogP contribution in [-0.4, -0.2) is 30.1 Å². The van der Waals surface area contributed by atoms with E-state index in [0.29, 0.717) is 0 Å². The number of carboxylic acid groups (broad SMARTS) is 1. The summed E-state index contributed by atoms with van der Waals surface area (Å²) in [6.07, 6.45) is -4.98. The molecule has 5 heteroatoms. The maximum absolute atomic E-state index is 13.7. The lowest BCUT2D eigenvalue weighted by molar-refractivity contribution is -0.141. The number of hydrogen-bond acceptors (Lipinski definition) is 1. The third kappa shape index (κ3) is 3.47. The van der Waals surface area contributed by atoms with Crippen molar-refractivity contribution in [2.75, 3.05) is 6.67 Å². The first-order chi connectivity index (χ1) is 8.07. The summed E-state index contributed by atoms with van der Waals surface area (Å²) in [7, 11) is 0. The molecular weight excluding hydrogens is 233 g/mol. The molecule has 1 aromatic carbocycles. The van der Waals surface area contributed by atoms with Crippen molar-refractivity contribution in [3.8, 4) is 0 Å². The third-order valence-electron chi connectivity index (χ3n) is 2.47. The van der Waals surface area contributed by atoms with Crippen LogP contribution in [0.25, 0.3) is 0 Å². The van der Waals surface area contributed by atoms with Crippen LogP contribution in [0.4, 0.5) is 13.2 Å². The summed E-state index contributed by atoms with van der Waals surface area (Å²) in [4.78, 5) is 10.9. The van der Waals surface area contributed by atoms with Crippen LogP contribution in [0.3, 0.4) is 0 Å². The molecule has 3 unspecified atom stereocenters. The highest BCUT2D eigenvalue weighted by atomic mass is 19.2. The van der Waals surface area contributed by atoms with E-state index in [-0.39, 0.29) is 5.56 Å². The Morgan fingerprint density at radius 1 is 1.24 bits per heavy atom. The number of aliphatic carboxylic acids is 1. The van der Waals surface area contributed by atoms with Crippen LogP contribution < -0.4 is 0 Å². The number of benzene rings is 1. The van der Waals surface area contributed by atoms with E-state index in [1.54, 1.807) is 18.2 Å². The lowest BCUT2D eigenvalue weighted by Gasteiger charge is -2.20. The Morgan fingerprint density at radius 3 is 2.29 bits per heavy atom. The van der Waals surface area contributed by atoms with Crippen molar-refractivity contribution in [3.63, 3.8) is 0 Å². The first kappa shape index (κ1) is 13.5. The predicted octanol–water partition coefficient (Wildman–Crippen LogP) is 2.89. The molecular formula is C12H13F3O2. The lowest BCUT2D eigenvalue weighted by atomic mass is 9.91. The molecule has 0 aromatic heterocycles. The minimum Gasteiger partial charge on any atom is -0.481 e. The van der Waals surface area contributed by atoms with E-state index >= 15 is 0 Å². The zero-order valence-corrected chi connectivity index (χ0v) is 9.02. The smallest absolute Gasteiger partial charge is 0.314 e. The molecule has 0 saturated heterocycles. The van der Waals surface area contributed by atoms with Crippen LogP contribution >= 0.6 is 0 Å². The molecule has 0 bridgehead atoms. The number of carboxylic acids is 1. The molecule has 1 aromatic rings. The van der Waals surface area contributed by atoms with Gasteiger partial charge in [0.1, 0.15) is 18.3 Å². The number of rotatable bonds is 6. The summed E-state index contributed by atoms with van der Waals surface area (Å²) in [5, 5.41) is 8.91. The van der Waals surface area contributed by atoms with Gasteiger partial charge in [-0.05, 0) is 5.56 Å². The Balaban J connectivity index is 2.90. The molecule has 2 nitrogen and oxygen atoms in total. The molecule has 3 atom stereocenters. The van der Waals surface area contributed by atoms with E-state index in [1.165, 1.54) is 12.1 Å². The molecule has 0 spiro atoms. The summed E-state index contributed by atoms with van der Waals surface area (Å²) in [6, 6.07) is 7.55. The molecule has 0 radical (unpaired) electrons. The standard InChI is InChI=1S/C12H13F3O2/c13-7-6-9(14)11(15)10(12(16)17)8-4-2-1-3-5-8/h1-5,9-11H,6-7H2,(H,16,17). The van der Waals surface area contributed by atoms with E-state index in [1.807, 2.05) is 0 Å². The average molecular weight is 246 g/mol. The second-order valence-electron chi connectivity index (χ2n) is 3.66. The SMILES string of the molecule is O=C(O)C(c1ccccc1)C(F)C(F)CCF. The second-order valence-corrected chi connectivity index (χ2v) is 3.66. The topological polar surface area (TPSA) is 37.3 Å². The van der Waals surface area contributed by atoms with Crippen molar-refractivity contribution in [3.05, 3.63) is 35.9 Å². The van der Waals surface area contributed by atoms with E-state index in [0.717, 1.165) is 0 Å². The van der Waals surface area contributed by atoms with Gasteiger partial charge in [-0.1, -0.05) is 30.3 Å². The normalized spacial score (nSPS) is 16.2. The fourth-order valence-corrected chi connectivity index (χ4v) is 1.60. The van der Waals surface area contributed by atoms with Gasteiger partial charge in [-0.2, -0.15) is 0 Å². The zero-order valence-electron chi connectivity index (χ0n) is 9.02.